The molecule has 0 spiro atoms. The van der Waals surface area contributed by atoms with Gasteiger partial charge in [-0.15, -0.1) is 0 Å². The van der Waals surface area contributed by atoms with E-state index in [4.69, 9.17) is 31.4 Å². The zero-order valence-electron chi connectivity index (χ0n) is 14.7. The molecule has 0 aliphatic rings. The van der Waals surface area contributed by atoms with Crippen LogP contribution in [0.25, 0.3) is 0 Å². The van der Waals surface area contributed by atoms with E-state index in [-0.39, 0.29) is 6.15 Å². The van der Waals surface area contributed by atoms with Gasteiger partial charge in [-0.3, -0.25) is 0 Å². The Bertz CT molecular complexity index is 698. The molecule has 1 rings (SSSR count). The quantitative estimate of drug-likeness (QED) is 0.493. The van der Waals surface area contributed by atoms with Crippen LogP contribution in [0.1, 0.15) is 26.3 Å². The van der Waals surface area contributed by atoms with E-state index in [9.17, 15) is 0 Å². The molecule has 0 radical (unpaired) electrons. The molecule has 0 saturated carbocycles. The van der Waals surface area contributed by atoms with Gasteiger partial charge < -0.3 is 10.6 Å². The summed E-state index contributed by atoms with van der Waals surface area (Å²) < 4.78 is 69.8. The maximum atomic E-state index is 8.58. The summed E-state index contributed by atoms with van der Waals surface area (Å²) in [5.74, 6) is 0. The van der Waals surface area contributed by atoms with Gasteiger partial charge in [-0.2, -0.15) is 0 Å². The minimum absolute atomic E-state index is 0. The van der Waals surface area contributed by atoms with Crippen molar-refractivity contribution in [2.75, 3.05) is 19.6 Å². The van der Waals surface area contributed by atoms with E-state index < -0.39 is 25.9 Å². The van der Waals surface area contributed by atoms with Crippen LogP contribution in [0.2, 0.25) is 0 Å². The Labute approximate surface area is 151 Å². The number of hydrogen-bond donors (Lipinski definition) is 1. The molecule has 0 amide bonds. The van der Waals surface area contributed by atoms with Crippen molar-refractivity contribution >= 4 is 0 Å². The van der Waals surface area contributed by atoms with E-state index in [2.05, 4.69) is 51.1 Å². The van der Waals surface area contributed by atoms with Gasteiger partial charge in [0.05, 0.1) is 19.6 Å². The fourth-order valence-corrected chi connectivity index (χ4v) is 1.98. The topological polar surface area (TPSA) is 185 Å². The van der Waals surface area contributed by atoms with Gasteiger partial charge in [0, 0.05) is 5.56 Å². The van der Waals surface area contributed by atoms with Gasteiger partial charge in [-0.25, -0.2) is 0 Å². The van der Waals surface area contributed by atoms with Crippen molar-refractivity contribution in [3.63, 3.8) is 0 Å². The molecule has 1 aromatic carbocycles. The van der Waals surface area contributed by atoms with E-state index in [0.29, 0.717) is 0 Å². The molecule has 0 aliphatic carbocycles. The number of hydrogen-bond acceptors (Lipinski definition) is 8. The third-order valence-corrected chi connectivity index (χ3v) is 3.37. The minimum atomic E-state index is -5.62. The van der Waals surface area contributed by atoms with Gasteiger partial charge in [-0.1, -0.05) is 30.3 Å². The molecule has 0 saturated heterocycles. The van der Waals surface area contributed by atoms with Crippen LogP contribution in [0, 0.1) is 0 Å². The molecule has 0 aromatic heterocycles. The van der Waals surface area contributed by atoms with Crippen molar-refractivity contribution in [2.45, 2.75) is 27.3 Å². The molecular formula is C13H26Mn2N2O8. The second kappa shape index (κ2) is 13.1. The second-order valence-electron chi connectivity index (χ2n) is 4.69. The molecule has 0 unspecified atom stereocenters. The van der Waals surface area contributed by atoms with Crippen LogP contribution in [0.3, 0.4) is 0 Å². The number of rotatable bonds is 5. The fourth-order valence-electron chi connectivity index (χ4n) is 1.98. The van der Waals surface area contributed by atoms with Crippen LogP contribution in [-0.2, 0) is 55.5 Å². The van der Waals surface area contributed by atoms with Crippen molar-refractivity contribution in [1.29, 1.82) is 0 Å². The van der Waals surface area contributed by atoms with Gasteiger partial charge in [0.2, 0.25) is 0 Å². The SMILES string of the molecule is CC[N+](CC)(CC)Cc1ccccc1.[NH4+].[O]=[Mn](=[O])(=[O])[O-].[O]=[Mn](=[O])(=[O])[O-]. The van der Waals surface area contributed by atoms with Gasteiger partial charge >= 0.3 is 57.3 Å². The Kier molecular flexibility index (Phi) is 15.1. The first-order valence-corrected chi connectivity index (χ1v) is 10.7. The van der Waals surface area contributed by atoms with Crippen molar-refractivity contribution < 1.29 is 61.8 Å². The summed E-state index contributed by atoms with van der Waals surface area (Å²) in [6, 6.07) is 10.8. The van der Waals surface area contributed by atoms with Gasteiger partial charge in [0.15, 0.2) is 0 Å². The van der Waals surface area contributed by atoms with E-state index >= 15 is 0 Å². The Morgan fingerprint density at radius 2 is 1.04 bits per heavy atom. The van der Waals surface area contributed by atoms with E-state index in [1.807, 2.05) is 0 Å². The standard InChI is InChI=1S/C13H22N.2Mn.H3N.8O/c1-4-14(5-2,6-3)12-13-10-8-7-9-11-13;;;;;;;;;;;/h7-11H,4-6,12H2,1-3H3;;;1H3;;;;;;;;/q+1;;;;;;;;;;2*-1/p+1. The van der Waals surface area contributed by atoms with Crippen molar-refractivity contribution in [2.24, 2.45) is 0 Å². The zero-order chi connectivity index (χ0) is 19.4. The number of nitrogens with zero attached hydrogens (tertiary/aromatic N) is 1. The summed E-state index contributed by atoms with van der Waals surface area (Å²) in [6.07, 6.45) is 0. The molecule has 0 heterocycles. The van der Waals surface area contributed by atoms with E-state index in [1.54, 1.807) is 0 Å². The first-order chi connectivity index (χ1) is 10.8. The first-order valence-electron chi connectivity index (χ1n) is 6.88. The predicted octanol–water partition coefficient (Wildman–Crippen LogP) is 0.344. The summed E-state index contributed by atoms with van der Waals surface area (Å²) in [5, 5.41) is 0. The van der Waals surface area contributed by atoms with E-state index in [0.717, 1.165) is 0 Å². The molecule has 0 aliphatic heterocycles. The van der Waals surface area contributed by atoms with Gasteiger partial charge in [0.1, 0.15) is 6.54 Å². The third-order valence-electron chi connectivity index (χ3n) is 3.37. The molecule has 0 fully saturated rings. The molecule has 4 N–H and O–H groups in total. The fraction of sp³-hybridized carbons (Fsp3) is 0.538. The summed E-state index contributed by atoms with van der Waals surface area (Å²) in [5.41, 5.74) is 1.46. The molecule has 1 aromatic rings. The molecule has 0 bridgehead atoms. The molecular weight excluding hydrogens is 422 g/mol. The predicted molar refractivity (Wildman–Crippen MR) is 72.1 cm³/mol. The molecule has 25 heavy (non-hydrogen) atoms. The molecule has 10 nitrogen and oxygen atoms in total. The van der Waals surface area contributed by atoms with Gasteiger partial charge in [0.25, 0.3) is 0 Å². The average molecular weight is 448 g/mol. The third kappa shape index (κ3) is 22.9. The Hall–Kier alpha value is -1.10. The van der Waals surface area contributed by atoms with E-state index in [1.165, 1.54) is 36.2 Å². The summed E-state index contributed by atoms with van der Waals surface area (Å²) in [4.78, 5) is 0. The normalized spacial score (nSPS) is 11.1. The maximum absolute atomic E-state index is 8.58. The average Bonchev–Trinajstić information content (AvgIpc) is 2.42. The van der Waals surface area contributed by atoms with Crippen molar-refractivity contribution in [1.82, 2.24) is 6.15 Å². The Balaban J connectivity index is -0.000000368. The van der Waals surface area contributed by atoms with Crippen LogP contribution >= 0.6 is 0 Å². The Morgan fingerprint density at radius 1 is 0.760 bits per heavy atom. The van der Waals surface area contributed by atoms with Crippen LogP contribution in [-0.4, -0.2) is 24.1 Å². The van der Waals surface area contributed by atoms with Crippen LogP contribution in [0.4, 0.5) is 0 Å². The summed E-state index contributed by atoms with van der Waals surface area (Å²) in [6.45, 7) is 11.7. The summed E-state index contributed by atoms with van der Waals surface area (Å²) >= 11 is -11.2. The van der Waals surface area contributed by atoms with Crippen LogP contribution in [0.5, 0.6) is 0 Å². The number of benzene rings is 1. The van der Waals surface area contributed by atoms with Gasteiger partial charge in [-0.05, 0) is 20.8 Å². The van der Waals surface area contributed by atoms with Crippen LogP contribution in [0.15, 0.2) is 30.3 Å². The monoisotopic (exact) mass is 448 g/mol. The second-order valence-corrected chi connectivity index (χ2v) is 7.05. The number of quaternary nitrogens is 2. The molecule has 150 valence electrons. The van der Waals surface area contributed by atoms with Crippen LogP contribution < -0.4 is 14.5 Å². The molecule has 0 atom stereocenters. The molecule has 12 heteroatoms. The van der Waals surface area contributed by atoms with Crippen molar-refractivity contribution in [3.8, 4) is 0 Å². The zero-order valence-corrected chi connectivity index (χ0v) is 17.0. The van der Waals surface area contributed by atoms with Crippen molar-refractivity contribution in [3.05, 3.63) is 35.9 Å². The Morgan fingerprint density at radius 3 is 1.28 bits per heavy atom. The summed E-state index contributed by atoms with van der Waals surface area (Å²) in [7, 11) is 0. The first kappa shape index (κ1) is 28.7.